The number of benzene rings is 2. The summed E-state index contributed by atoms with van der Waals surface area (Å²) in [5.74, 6) is -0.792. The van der Waals surface area contributed by atoms with Gasteiger partial charge in [-0.3, -0.25) is 4.79 Å². The number of nitrogens with one attached hydrogen (secondary N) is 2. The van der Waals surface area contributed by atoms with Crippen LogP contribution in [-0.2, 0) is 6.42 Å². The Labute approximate surface area is 192 Å². The van der Waals surface area contributed by atoms with Crippen LogP contribution in [0.4, 0.5) is 4.39 Å². The number of fused-ring (bicyclic) bond motifs is 1. The molecule has 0 fully saturated rings. The van der Waals surface area contributed by atoms with E-state index in [2.05, 4.69) is 15.3 Å². The number of aromatic carboxylic acids is 1. The Balaban J connectivity index is 1.53. The van der Waals surface area contributed by atoms with Crippen molar-refractivity contribution in [1.82, 2.24) is 15.3 Å². The first-order chi connectivity index (χ1) is 16.5. The first kappa shape index (κ1) is 23.1. The molecule has 0 radical (unpaired) electrons. The van der Waals surface area contributed by atoms with Crippen molar-refractivity contribution in [3.8, 4) is 17.1 Å². The number of ether oxygens (including phenoxy) is 1. The molecule has 0 saturated heterocycles. The van der Waals surface area contributed by atoms with Gasteiger partial charge in [0.15, 0.2) is 11.7 Å². The Hall–Kier alpha value is -4.02. The van der Waals surface area contributed by atoms with Gasteiger partial charge in [0.1, 0.15) is 23.9 Å². The topological polar surface area (TPSA) is 138 Å². The molecule has 4 N–H and O–H groups in total. The number of hydrogen-bond acceptors (Lipinski definition) is 7. The molecule has 0 aliphatic carbocycles. The number of oxazole rings is 1. The average molecular weight is 467 g/mol. The molecule has 2 heterocycles. The van der Waals surface area contributed by atoms with Gasteiger partial charge in [-0.2, -0.15) is 0 Å². The summed E-state index contributed by atoms with van der Waals surface area (Å²) in [6, 6.07) is 11.1. The zero-order chi connectivity index (χ0) is 24.1. The smallest absolute Gasteiger partial charge is 0.352 e. The van der Waals surface area contributed by atoms with Gasteiger partial charge < -0.3 is 29.7 Å². The van der Waals surface area contributed by atoms with Crippen LogP contribution in [0.1, 0.15) is 21.9 Å². The fourth-order valence-electron chi connectivity index (χ4n) is 3.49. The van der Waals surface area contributed by atoms with Crippen LogP contribution in [0.25, 0.3) is 22.1 Å². The Kier molecular flexibility index (Phi) is 7.00. The van der Waals surface area contributed by atoms with Crippen molar-refractivity contribution < 1.29 is 28.6 Å². The lowest BCUT2D eigenvalue weighted by Crippen LogP contribution is -2.24. The van der Waals surface area contributed by atoms with Gasteiger partial charge in [0.05, 0.1) is 24.8 Å². The zero-order valence-electron chi connectivity index (χ0n) is 18.0. The largest absolute Gasteiger partial charge is 0.492 e. The number of carbonyl (C=O) groups is 1. The van der Waals surface area contributed by atoms with Crippen molar-refractivity contribution in [2.75, 3.05) is 26.3 Å². The number of aliphatic hydroxyl groups is 1. The van der Waals surface area contributed by atoms with Crippen LogP contribution in [0.15, 0.2) is 57.9 Å². The summed E-state index contributed by atoms with van der Waals surface area (Å²) in [4.78, 5) is 29.6. The summed E-state index contributed by atoms with van der Waals surface area (Å²) in [7, 11) is 0. The third kappa shape index (κ3) is 5.13. The molecule has 0 aliphatic rings. The van der Waals surface area contributed by atoms with E-state index < -0.39 is 17.3 Å². The van der Waals surface area contributed by atoms with Crippen molar-refractivity contribution in [2.24, 2.45) is 0 Å². The monoisotopic (exact) mass is 467 g/mol. The molecule has 4 rings (SSSR count). The second-order valence-electron chi connectivity index (χ2n) is 7.46. The number of aliphatic hydroxyl groups excluding tert-OH is 1. The van der Waals surface area contributed by atoms with Crippen LogP contribution in [-0.4, -0.2) is 52.5 Å². The highest BCUT2D eigenvalue weighted by atomic mass is 19.1. The van der Waals surface area contributed by atoms with Gasteiger partial charge in [-0.25, -0.2) is 14.2 Å². The van der Waals surface area contributed by atoms with Crippen LogP contribution in [0, 0.1) is 5.82 Å². The normalized spacial score (nSPS) is 11.1. The van der Waals surface area contributed by atoms with E-state index in [0.717, 1.165) is 5.39 Å². The quantitative estimate of drug-likeness (QED) is 0.261. The lowest BCUT2D eigenvalue weighted by atomic mass is 10.0. The minimum absolute atomic E-state index is 0.0434. The summed E-state index contributed by atoms with van der Waals surface area (Å²) < 4.78 is 26.3. The second-order valence-corrected chi connectivity index (χ2v) is 7.46. The van der Waals surface area contributed by atoms with E-state index in [1.54, 1.807) is 12.1 Å². The molecule has 2 aromatic heterocycles. The number of hydrogen-bond donors (Lipinski definition) is 4. The molecular formula is C24H22FN3O6. The van der Waals surface area contributed by atoms with Gasteiger partial charge in [-0.1, -0.05) is 12.1 Å². The first-order valence-electron chi connectivity index (χ1n) is 10.5. The van der Waals surface area contributed by atoms with Gasteiger partial charge in [0, 0.05) is 18.5 Å². The average Bonchev–Trinajstić information content (AvgIpc) is 3.27. The van der Waals surface area contributed by atoms with E-state index in [0.29, 0.717) is 36.4 Å². The van der Waals surface area contributed by atoms with Gasteiger partial charge in [-0.15, -0.1) is 0 Å². The number of aromatic nitrogens is 2. The predicted octanol–water partition coefficient (Wildman–Crippen LogP) is 2.57. The Morgan fingerprint density at radius 3 is 2.82 bits per heavy atom. The summed E-state index contributed by atoms with van der Waals surface area (Å²) in [5, 5.41) is 22.2. The minimum atomic E-state index is -1.25. The number of pyridine rings is 1. The fourth-order valence-corrected chi connectivity index (χ4v) is 3.49. The number of aromatic amines is 1. The molecule has 34 heavy (non-hydrogen) atoms. The van der Waals surface area contributed by atoms with Crippen molar-refractivity contribution >= 4 is 16.7 Å². The molecule has 0 atom stereocenters. The van der Waals surface area contributed by atoms with Crippen molar-refractivity contribution in [3.63, 3.8) is 0 Å². The highest BCUT2D eigenvalue weighted by molar-refractivity contribution is 5.89. The van der Waals surface area contributed by atoms with Crippen LogP contribution in [0.3, 0.4) is 0 Å². The molecule has 176 valence electrons. The summed E-state index contributed by atoms with van der Waals surface area (Å²) in [5.41, 5.74) is -0.383. The molecule has 2 aromatic carbocycles. The Morgan fingerprint density at radius 1 is 1.21 bits per heavy atom. The second kappa shape index (κ2) is 10.3. The number of rotatable bonds is 10. The number of carboxylic acid groups (broad SMARTS) is 1. The SMILES string of the molecule is O=C(O)c1ccc(-c2cnc(Cc3cc4cccc(OCCNCCO)c4cc3F)o2)c(=O)[nH]1. The Bertz CT molecular complexity index is 1380. The highest BCUT2D eigenvalue weighted by Gasteiger charge is 2.15. The highest BCUT2D eigenvalue weighted by Crippen LogP contribution is 2.29. The molecule has 0 bridgehead atoms. The maximum absolute atomic E-state index is 14.9. The van der Waals surface area contributed by atoms with Crippen molar-refractivity contribution in [2.45, 2.75) is 6.42 Å². The van der Waals surface area contributed by atoms with E-state index in [9.17, 15) is 14.0 Å². The maximum atomic E-state index is 14.9. The van der Waals surface area contributed by atoms with Gasteiger partial charge >= 0.3 is 5.97 Å². The number of halogens is 1. The number of carboxylic acids is 1. The van der Waals surface area contributed by atoms with Crippen LogP contribution in [0.5, 0.6) is 5.75 Å². The standard InChI is InChI=1S/C24H22FN3O6/c25-18-12-17-14(2-1-3-20(17)33-9-7-26-6-8-29)10-15(18)11-22-27-13-21(34-22)16-4-5-19(24(31)32)28-23(16)30/h1-5,10,12-13,26,29H,6-9,11H2,(H,28,30)(H,31,32). The number of H-pyrrole nitrogens is 1. The predicted molar refractivity (Wildman–Crippen MR) is 122 cm³/mol. The van der Waals surface area contributed by atoms with Gasteiger partial charge in [-0.05, 0) is 41.3 Å². The van der Waals surface area contributed by atoms with E-state index >= 15 is 0 Å². The summed E-state index contributed by atoms with van der Waals surface area (Å²) >= 11 is 0. The molecule has 10 heteroatoms. The maximum Gasteiger partial charge on any atom is 0.352 e. The van der Waals surface area contributed by atoms with Crippen molar-refractivity contribution in [3.05, 3.63) is 82.0 Å². The van der Waals surface area contributed by atoms with Gasteiger partial charge in [0.25, 0.3) is 5.56 Å². The molecular weight excluding hydrogens is 445 g/mol. The van der Waals surface area contributed by atoms with Crippen LogP contribution in [0.2, 0.25) is 0 Å². The minimum Gasteiger partial charge on any atom is -0.492 e. The first-order valence-corrected chi connectivity index (χ1v) is 10.5. The van der Waals surface area contributed by atoms with Crippen LogP contribution >= 0.6 is 0 Å². The summed E-state index contributed by atoms with van der Waals surface area (Å²) in [6.07, 6.45) is 1.40. The molecule has 9 nitrogen and oxygen atoms in total. The lowest BCUT2D eigenvalue weighted by molar-refractivity contribution is 0.0690. The third-order valence-corrected chi connectivity index (χ3v) is 5.13. The fraction of sp³-hybridized carbons (Fsp3) is 0.208. The van der Waals surface area contributed by atoms with Gasteiger partial charge in [0.2, 0.25) is 0 Å². The third-order valence-electron chi connectivity index (χ3n) is 5.13. The molecule has 0 saturated carbocycles. The van der Waals surface area contributed by atoms with E-state index in [4.69, 9.17) is 19.4 Å². The molecule has 4 aromatic rings. The number of nitrogens with zero attached hydrogens (tertiary/aromatic N) is 1. The Morgan fingerprint density at radius 2 is 2.06 bits per heavy atom. The molecule has 0 amide bonds. The van der Waals surface area contributed by atoms with E-state index in [-0.39, 0.29) is 35.9 Å². The van der Waals surface area contributed by atoms with Crippen LogP contribution < -0.4 is 15.6 Å². The zero-order valence-corrected chi connectivity index (χ0v) is 18.0. The van der Waals surface area contributed by atoms with Crippen molar-refractivity contribution in [1.29, 1.82) is 0 Å². The molecule has 0 spiro atoms. The summed E-state index contributed by atoms with van der Waals surface area (Å²) in [6.45, 7) is 1.43. The van der Waals surface area contributed by atoms with E-state index in [1.165, 1.54) is 24.4 Å². The lowest BCUT2D eigenvalue weighted by Gasteiger charge is -2.11. The van der Waals surface area contributed by atoms with E-state index in [1.807, 2.05) is 12.1 Å². The molecule has 0 unspecified atom stereocenters. The molecule has 0 aliphatic heterocycles.